The number of aryl methyl sites for hydroxylation is 1. The summed E-state index contributed by atoms with van der Waals surface area (Å²) in [5.41, 5.74) is 3.29. The Morgan fingerprint density at radius 2 is 2.00 bits per heavy atom. The van der Waals surface area contributed by atoms with Crippen molar-refractivity contribution in [1.82, 2.24) is 5.32 Å². The molecule has 1 aromatic heterocycles. The summed E-state index contributed by atoms with van der Waals surface area (Å²) >= 11 is 1.67. The highest BCUT2D eigenvalue weighted by molar-refractivity contribution is 7.08. The molecule has 1 atom stereocenters. The van der Waals surface area contributed by atoms with E-state index in [1.54, 1.807) is 17.4 Å². The summed E-state index contributed by atoms with van der Waals surface area (Å²) in [6.07, 6.45) is 1.70. The minimum atomic E-state index is -0.793. The highest BCUT2D eigenvalue weighted by Crippen LogP contribution is 2.25. The first kappa shape index (κ1) is 15.1. The zero-order valence-corrected chi connectivity index (χ0v) is 12.6. The Bertz CT molecular complexity index is 565. The molecule has 4 heteroatoms. The van der Waals surface area contributed by atoms with E-state index in [0.717, 1.165) is 18.5 Å². The van der Waals surface area contributed by atoms with E-state index in [9.17, 15) is 8.78 Å². The number of hydrogen-bond acceptors (Lipinski definition) is 2. The van der Waals surface area contributed by atoms with Gasteiger partial charge in [-0.25, -0.2) is 8.78 Å². The molecule has 1 unspecified atom stereocenters. The zero-order valence-electron chi connectivity index (χ0n) is 11.7. The van der Waals surface area contributed by atoms with Crippen LogP contribution in [0.2, 0.25) is 0 Å². The van der Waals surface area contributed by atoms with Gasteiger partial charge in [0.2, 0.25) is 0 Å². The maximum Gasteiger partial charge on any atom is 0.159 e. The lowest BCUT2D eigenvalue weighted by Crippen LogP contribution is -2.24. The van der Waals surface area contributed by atoms with Gasteiger partial charge in [0.25, 0.3) is 0 Å². The van der Waals surface area contributed by atoms with Gasteiger partial charge in [0.05, 0.1) is 0 Å². The van der Waals surface area contributed by atoms with Crippen molar-refractivity contribution in [2.24, 2.45) is 0 Å². The Balaban J connectivity index is 2.19. The van der Waals surface area contributed by atoms with Gasteiger partial charge < -0.3 is 5.32 Å². The number of hydrogen-bond donors (Lipinski definition) is 1. The van der Waals surface area contributed by atoms with Crippen molar-refractivity contribution in [3.8, 4) is 0 Å². The normalized spacial score (nSPS) is 12.6. The van der Waals surface area contributed by atoms with Crippen molar-refractivity contribution in [1.29, 1.82) is 0 Å². The highest BCUT2D eigenvalue weighted by atomic mass is 32.1. The lowest BCUT2D eigenvalue weighted by molar-refractivity contribution is 0.500. The molecular formula is C16H19F2NS. The van der Waals surface area contributed by atoms with E-state index in [1.807, 2.05) is 0 Å². The molecule has 1 aromatic carbocycles. The lowest BCUT2D eigenvalue weighted by atomic mass is 9.98. The van der Waals surface area contributed by atoms with E-state index in [-0.39, 0.29) is 6.04 Å². The highest BCUT2D eigenvalue weighted by Gasteiger charge is 2.15. The van der Waals surface area contributed by atoms with Gasteiger partial charge >= 0.3 is 0 Å². The summed E-state index contributed by atoms with van der Waals surface area (Å²) in [5.74, 6) is -1.57. The van der Waals surface area contributed by atoms with E-state index < -0.39 is 11.6 Å². The van der Waals surface area contributed by atoms with Crippen LogP contribution in [0.25, 0.3) is 0 Å². The molecule has 1 N–H and O–H groups in total. The van der Waals surface area contributed by atoms with E-state index in [0.29, 0.717) is 6.42 Å². The fourth-order valence-corrected chi connectivity index (χ4v) is 3.15. The summed E-state index contributed by atoms with van der Waals surface area (Å²) < 4.78 is 26.3. The van der Waals surface area contributed by atoms with Crippen LogP contribution in [0.15, 0.2) is 29.0 Å². The largest absolute Gasteiger partial charge is 0.310 e. The number of nitrogens with one attached hydrogen (secondary N) is 1. The molecule has 0 saturated carbocycles. The standard InChI is InChI=1S/C16H19F2NS/c1-3-6-19-16(13-10-20-9-11(13)2)8-12-4-5-14(17)15(18)7-12/h4-5,7,9-10,16,19H,3,6,8H2,1-2H3. The van der Waals surface area contributed by atoms with Crippen LogP contribution >= 0.6 is 11.3 Å². The van der Waals surface area contributed by atoms with Crippen LogP contribution in [0.1, 0.15) is 36.1 Å². The van der Waals surface area contributed by atoms with Gasteiger partial charge in [-0.05, 0) is 65.9 Å². The van der Waals surface area contributed by atoms with E-state index in [1.165, 1.54) is 23.3 Å². The Morgan fingerprint density at radius 1 is 1.20 bits per heavy atom. The van der Waals surface area contributed by atoms with Gasteiger partial charge in [0.1, 0.15) is 0 Å². The lowest BCUT2D eigenvalue weighted by Gasteiger charge is -2.19. The molecule has 0 aliphatic rings. The third-order valence-corrected chi connectivity index (χ3v) is 4.21. The van der Waals surface area contributed by atoms with E-state index in [2.05, 4.69) is 29.9 Å². The average Bonchev–Trinajstić information content (AvgIpc) is 2.85. The summed E-state index contributed by atoms with van der Waals surface area (Å²) in [6.45, 7) is 5.10. The van der Waals surface area contributed by atoms with Gasteiger partial charge in [0, 0.05) is 6.04 Å². The van der Waals surface area contributed by atoms with Crippen molar-refractivity contribution in [3.05, 3.63) is 57.3 Å². The molecule has 0 amide bonds. The predicted octanol–water partition coefficient (Wildman–Crippen LogP) is 4.62. The summed E-state index contributed by atoms with van der Waals surface area (Å²) in [6, 6.07) is 4.28. The molecule has 108 valence electrons. The number of rotatable bonds is 6. The molecule has 1 nitrogen and oxygen atoms in total. The first-order valence-electron chi connectivity index (χ1n) is 6.81. The molecule has 2 rings (SSSR count). The van der Waals surface area contributed by atoms with Crippen molar-refractivity contribution in [2.45, 2.75) is 32.7 Å². The van der Waals surface area contributed by atoms with E-state index >= 15 is 0 Å². The number of thiophene rings is 1. The van der Waals surface area contributed by atoms with E-state index in [4.69, 9.17) is 0 Å². The Morgan fingerprint density at radius 3 is 2.60 bits per heavy atom. The second-order valence-corrected chi connectivity index (χ2v) is 5.71. The molecule has 0 aliphatic carbocycles. The first-order valence-corrected chi connectivity index (χ1v) is 7.76. The Hall–Kier alpha value is -1.26. The maximum atomic E-state index is 13.3. The maximum absolute atomic E-state index is 13.3. The third-order valence-electron chi connectivity index (χ3n) is 3.34. The van der Waals surface area contributed by atoms with Crippen LogP contribution in [0.5, 0.6) is 0 Å². The summed E-state index contributed by atoms with van der Waals surface area (Å²) in [4.78, 5) is 0. The molecule has 2 aromatic rings. The van der Waals surface area contributed by atoms with Crippen LogP contribution in [-0.2, 0) is 6.42 Å². The smallest absolute Gasteiger partial charge is 0.159 e. The average molecular weight is 295 g/mol. The van der Waals surface area contributed by atoms with Crippen LogP contribution in [-0.4, -0.2) is 6.54 Å². The topological polar surface area (TPSA) is 12.0 Å². The van der Waals surface area contributed by atoms with Gasteiger partial charge in [-0.3, -0.25) is 0 Å². The second kappa shape index (κ2) is 6.95. The zero-order chi connectivity index (χ0) is 14.5. The molecule has 0 bridgehead atoms. The molecule has 20 heavy (non-hydrogen) atoms. The van der Waals surface area contributed by atoms with Gasteiger partial charge in [-0.1, -0.05) is 13.0 Å². The van der Waals surface area contributed by atoms with Gasteiger partial charge in [0.15, 0.2) is 11.6 Å². The first-order chi connectivity index (χ1) is 9.61. The van der Waals surface area contributed by atoms with Gasteiger partial charge in [-0.2, -0.15) is 11.3 Å². The molecular weight excluding hydrogens is 276 g/mol. The van der Waals surface area contributed by atoms with Crippen molar-refractivity contribution in [2.75, 3.05) is 6.54 Å². The van der Waals surface area contributed by atoms with Gasteiger partial charge in [-0.15, -0.1) is 0 Å². The third kappa shape index (κ3) is 3.64. The molecule has 1 heterocycles. The Labute approximate surface area is 122 Å². The fourth-order valence-electron chi connectivity index (χ4n) is 2.24. The molecule has 0 fully saturated rings. The second-order valence-electron chi connectivity index (χ2n) is 4.97. The SMILES string of the molecule is CCCNC(Cc1ccc(F)c(F)c1)c1cscc1C. The number of benzene rings is 1. The van der Waals surface area contributed by atoms with Crippen molar-refractivity contribution in [3.63, 3.8) is 0 Å². The summed E-state index contributed by atoms with van der Waals surface area (Å²) in [7, 11) is 0. The monoisotopic (exact) mass is 295 g/mol. The minimum Gasteiger partial charge on any atom is -0.310 e. The van der Waals surface area contributed by atoms with Crippen LogP contribution in [0.3, 0.4) is 0 Å². The van der Waals surface area contributed by atoms with Crippen LogP contribution < -0.4 is 5.32 Å². The Kier molecular flexibility index (Phi) is 5.26. The fraction of sp³-hybridized carbons (Fsp3) is 0.375. The molecule has 0 spiro atoms. The van der Waals surface area contributed by atoms with Crippen LogP contribution in [0.4, 0.5) is 8.78 Å². The summed E-state index contributed by atoms with van der Waals surface area (Å²) in [5, 5.41) is 7.73. The minimum absolute atomic E-state index is 0.145. The quantitative estimate of drug-likeness (QED) is 0.820. The van der Waals surface area contributed by atoms with Crippen LogP contribution in [0, 0.1) is 18.6 Å². The van der Waals surface area contributed by atoms with Crippen molar-refractivity contribution < 1.29 is 8.78 Å². The number of halogens is 2. The molecule has 0 saturated heterocycles. The van der Waals surface area contributed by atoms with Crippen molar-refractivity contribution >= 4 is 11.3 Å². The predicted molar refractivity (Wildman–Crippen MR) is 80.2 cm³/mol. The molecule has 0 radical (unpaired) electrons. The molecule has 0 aliphatic heterocycles.